The fourth-order valence-corrected chi connectivity index (χ4v) is 3.86. The molecule has 1 unspecified atom stereocenters. The van der Waals surface area contributed by atoms with Crippen molar-refractivity contribution in [1.82, 2.24) is 20.0 Å². The summed E-state index contributed by atoms with van der Waals surface area (Å²) in [5.74, 6) is -0.0283. The maximum atomic E-state index is 13.1. The molecule has 1 saturated heterocycles. The molecule has 0 aliphatic carbocycles. The van der Waals surface area contributed by atoms with Gasteiger partial charge in [0.05, 0.1) is 12.2 Å². The molecule has 1 atom stereocenters. The van der Waals surface area contributed by atoms with Crippen LogP contribution in [-0.4, -0.2) is 52.2 Å². The summed E-state index contributed by atoms with van der Waals surface area (Å²) in [5.41, 5.74) is 9.34. The van der Waals surface area contributed by atoms with Crippen LogP contribution in [0.25, 0.3) is 0 Å². The Morgan fingerprint density at radius 3 is 2.62 bits per heavy atom. The summed E-state index contributed by atoms with van der Waals surface area (Å²) >= 11 is 0. The normalized spacial score (nSPS) is 16.7. The van der Waals surface area contributed by atoms with E-state index in [9.17, 15) is 9.59 Å². The molecule has 7 heteroatoms. The average Bonchev–Trinajstić information content (AvgIpc) is 3.03. The number of benzene rings is 1. The van der Waals surface area contributed by atoms with Crippen LogP contribution in [0.1, 0.15) is 53.0 Å². The van der Waals surface area contributed by atoms with Gasteiger partial charge in [-0.1, -0.05) is 12.1 Å². The van der Waals surface area contributed by atoms with Gasteiger partial charge in [0.2, 0.25) is 5.91 Å². The Morgan fingerprint density at radius 1 is 1.21 bits per heavy atom. The van der Waals surface area contributed by atoms with Gasteiger partial charge in [-0.15, -0.1) is 0 Å². The van der Waals surface area contributed by atoms with Crippen molar-refractivity contribution >= 4 is 11.8 Å². The molecule has 1 aliphatic rings. The molecule has 2 amide bonds. The van der Waals surface area contributed by atoms with Crippen LogP contribution in [0.5, 0.6) is 0 Å². The van der Waals surface area contributed by atoms with Gasteiger partial charge >= 0.3 is 0 Å². The van der Waals surface area contributed by atoms with E-state index >= 15 is 0 Å². The van der Waals surface area contributed by atoms with Gasteiger partial charge < -0.3 is 16.0 Å². The third-order valence-corrected chi connectivity index (χ3v) is 5.43. The van der Waals surface area contributed by atoms with Crippen LogP contribution in [0.15, 0.2) is 30.3 Å². The fourth-order valence-electron chi connectivity index (χ4n) is 3.86. The third-order valence-electron chi connectivity index (χ3n) is 5.43. The SMILES string of the molecule is Cc1cc(C)n(Cc2ccc(C(=O)N3CCCCC3CNC(=O)CCN)cc2)n1. The Balaban J connectivity index is 1.64. The van der Waals surface area contributed by atoms with Gasteiger partial charge in [0.25, 0.3) is 5.91 Å². The van der Waals surface area contributed by atoms with Crippen molar-refractivity contribution in [3.05, 3.63) is 52.8 Å². The van der Waals surface area contributed by atoms with Gasteiger partial charge in [0.15, 0.2) is 0 Å². The van der Waals surface area contributed by atoms with Gasteiger partial charge in [-0.05, 0) is 56.9 Å². The smallest absolute Gasteiger partial charge is 0.254 e. The number of piperidine rings is 1. The van der Waals surface area contributed by atoms with Crippen molar-refractivity contribution in [3.8, 4) is 0 Å². The highest BCUT2D eigenvalue weighted by Crippen LogP contribution is 2.20. The van der Waals surface area contributed by atoms with Gasteiger partial charge in [0, 0.05) is 43.4 Å². The summed E-state index contributed by atoms with van der Waals surface area (Å²) in [5, 5.41) is 7.40. The van der Waals surface area contributed by atoms with Crippen LogP contribution < -0.4 is 11.1 Å². The second-order valence-electron chi connectivity index (χ2n) is 7.77. The number of nitrogens with one attached hydrogen (secondary N) is 1. The zero-order valence-corrected chi connectivity index (χ0v) is 17.4. The maximum absolute atomic E-state index is 13.1. The molecule has 0 saturated carbocycles. The number of hydrogen-bond donors (Lipinski definition) is 2. The highest BCUT2D eigenvalue weighted by molar-refractivity contribution is 5.94. The summed E-state index contributed by atoms with van der Waals surface area (Å²) in [7, 11) is 0. The second-order valence-corrected chi connectivity index (χ2v) is 7.77. The first-order valence-corrected chi connectivity index (χ1v) is 10.4. The number of amides is 2. The van der Waals surface area contributed by atoms with Crippen LogP contribution in [0.3, 0.4) is 0 Å². The molecule has 29 heavy (non-hydrogen) atoms. The highest BCUT2D eigenvalue weighted by Gasteiger charge is 2.27. The minimum absolute atomic E-state index is 0.0282. The number of carbonyl (C=O) groups excluding carboxylic acids is 2. The molecule has 156 valence electrons. The van der Waals surface area contributed by atoms with E-state index in [-0.39, 0.29) is 17.9 Å². The summed E-state index contributed by atoms with van der Waals surface area (Å²) < 4.78 is 1.97. The molecule has 0 radical (unpaired) electrons. The summed E-state index contributed by atoms with van der Waals surface area (Å²) in [4.78, 5) is 26.7. The number of carbonyl (C=O) groups is 2. The number of aryl methyl sites for hydroxylation is 2. The molecule has 2 heterocycles. The van der Waals surface area contributed by atoms with E-state index in [1.807, 2.05) is 47.7 Å². The van der Waals surface area contributed by atoms with E-state index in [1.165, 1.54) is 0 Å². The first kappa shape index (κ1) is 21.0. The highest BCUT2D eigenvalue weighted by atomic mass is 16.2. The Hall–Kier alpha value is -2.67. The molecular formula is C22H31N5O2. The summed E-state index contributed by atoms with van der Waals surface area (Å²) in [6, 6.07) is 9.86. The largest absolute Gasteiger partial charge is 0.354 e. The Kier molecular flexibility index (Phi) is 7.04. The lowest BCUT2D eigenvalue weighted by Gasteiger charge is -2.36. The fraction of sp³-hybridized carbons (Fsp3) is 0.500. The van der Waals surface area contributed by atoms with E-state index in [4.69, 9.17) is 5.73 Å². The average molecular weight is 398 g/mol. The number of nitrogens with zero attached hydrogens (tertiary/aromatic N) is 3. The predicted molar refractivity (Wildman–Crippen MR) is 113 cm³/mol. The minimum Gasteiger partial charge on any atom is -0.354 e. The molecule has 3 N–H and O–H groups in total. The molecule has 7 nitrogen and oxygen atoms in total. The third kappa shape index (κ3) is 5.44. The first-order valence-electron chi connectivity index (χ1n) is 10.4. The van der Waals surface area contributed by atoms with E-state index in [0.29, 0.717) is 31.6 Å². The summed E-state index contributed by atoms with van der Waals surface area (Å²) in [6.07, 6.45) is 3.29. The van der Waals surface area contributed by atoms with Crippen LogP contribution >= 0.6 is 0 Å². The lowest BCUT2D eigenvalue weighted by Crippen LogP contribution is -2.49. The molecular weight excluding hydrogens is 366 g/mol. The van der Waals surface area contributed by atoms with Crippen molar-refractivity contribution in [2.75, 3.05) is 19.6 Å². The van der Waals surface area contributed by atoms with Gasteiger partial charge in [-0.2, -0.15) is 5.10 Å². The van der Waals surface area contributed by atoms with Crippen molar-refractivity contribution in [2.24, 2.45) is 5.73 Å². The number of aromatic nitrogens is 2. The lowest BCUT2D eigenvalue weighted by molar-refractivity contribution is -0.121. The number of rotatable bonds is 7. The molecule has 1 aromatic heterocycles. The molecule has 1 fully saturated rings. The predicted octanol–water partition coefficient (Wildman–Crippen LogP) is 2.01. The van der Waals surface area contributed by atoms with Crippen LogP contribution in [0.4, 0.5) is 0 Å². The van der Waals surface area contributed by atoms with Gasteiger partial charge in [0.1, 0.15) is 0 Å². The monoisotopic (exact) mass is 397 g/mol. The minimum atomic E-state index is -0.0565. The van der Waals surface area contributed by atoms with E-state index in [0.717, 1.165) is 42.8 Å². The number of hydrogen-bond acceptors (Lipinski definition) is 4. The van der Waals surface area contributed by atoms with Crippen molar-refractivity contribution < 1.29 is 9.59 Å². The second kappa shape index (κ2) is 9.69. The molecule has 2 aromatic rings. The Morgan fingerprint density at radius 2 is 1.97 bits per heavy atom. The standard InChI is InChI=1S/C22H31N5O2/c1-16-13-17(2)27(25-16)15-18-6-8-19(9-7-18)22(29)26-12-4-3-5-20(26)14-24-21(28)10-11-23/h6-9,13,20H,3-5,10-12,14-15,23H2,1-2H3,(H,24,28). The lowest BCUT2D eigenvalue weighted by atomic mass is 10.00. The zero-order chi connectivity index (χ0) is 20.8. The number of nitrogens with two attached hydrogens (primary N) is 1. The molecule has 3 rings (SSSR count). The molecule has 0 spiro atoms. The number of likely N-dealkylation sites (tertiary alicyclic amines) is 1. The van der Waals surface area contributed by atoms with E-state index in [2.05, 4.69) is 16.5 Å². The zero-order valence-electron chi connectivity index (χ0n) is 17.4. The van der Waals surface area contributed by atoms with Crippen molar-refractivity contribution in [1.29, 1.82) is 0 Å². The Labute approximate surface area is 172 Å². The van der Waals surface area contributed by atoms with E-state index < -0.39 is 0 Å². The topological polar surface area (TPSA) is 93.2 Å². The molecule has 1 aromatic carbocycles. The van der Waals surface area contributed by atoms with Crippen molar-refractivity contribution in [3.63, 3.8) is 0 Å². The Bertz CT molecular complexity index is 843. The molecule has 0 bridgehead atoms. The van der Waals surface area contributed by atoms with Gasteiger partial charge in [-0.25, -0.2) is 0 Å². The first-order chi connectivity index (χ1) is 14.0. The van der Waals surface area contributed by atoms with Crippen LogP contribution in [0.2, 0.25) is 0 Å². The van der Waals surface area contributed by atoms with Crippen LogP contribution in [-0.2, 0) is 11.3 Å². The quantitative estimate of drug-likeness (QED) is 0.747. The van der Waals surface area contributed by atoms with E-state index in [1.54, 1.807) is 0 Å². The van der Waals surface area contributed by atoms with Crippen molar-refractivity contribution in [2.45, 2.75) is 52.1 Å². The van der Waals surface area contributed by atoms with Crippen LogP contribution in [0, 0.1) is 13.8 Å². The maximum Gasteiger partial charge on any atom is 0.254 e. The summed E-state index contributed by atoms with van der Waals surface area (Å²) in [6.45, 7) is 6.26. The molecule has 1 aliphatic heterocycles. The van der Waals surface area contributed by atoms with Gasteiger partial charge in [-0.3, -0.25) is 14.3 Å².